The third kappa shape index (κ3) is 5.03. The Labute approximate surface area is 124 Å². The predicted octanol–water partition coefficient (Wildman–Crippen LogP) is 1.71. The highest BCUT2D eigenvalue weighted by Gasteiger charge is 2.17. The summed E-state index contributed by atoms with van der Waals surface area (Å²) in [5.41, 5.74) is 0.733. The van der Waals surface area contributed by atoms with Gasteiger partial charge in [-0.1, -0.05) is 0 Å². The van der Waals surface area contributed by atoms with Gasteiger partial charge in [-0.2, -0.15) is 0 Å². The number of anilines is 1. The first-order valence-corrected chi connectivity index (χ1v) is 6.77. The molecule has 0 saturated heterocycles. The van der Waals surface area contributed by atoms with E-state index in [4.69, 9.17) is 0 Å². The second-order valence-electron chi connectivity index (χ2n) is 5.21. The summed E-state index contributed by atoms with van der Waals surface area (Å²) in [6.07, 6.45) is 0.842. The van der Waals surface area contributed by atoms with Gasteiger partial charge in [0.15, 0.2) is 0 Å². The average Bonchev–Trinajstić information content (AvgIpc) is 2.43. The number of carbonyl (C=O) groups excluding carboxylic acids is 1. The number of hydrogen-bond donors (Lipinski definition) is 2. The molecule has 21 heavy (non-hydrogen) atoms. The number of hydrogen-bond acceptors (Lipinski definition) is 5. The second-order valence-corrected chi connectivity index (χ2v) is 5.21. The first-order valence-electron chi connectivity index (χ1n) is 6.77. The highest BCUT2D eigenvalue weighted by atomic mass is 16.6. The van der Waals surface area contributed by atoms with Gasteiger partial charge in [0.1, 0.15) is 5.69 Å². The molecule has 1 aromatic carbocycles. The van der Waals surface area contributed by atoms with Crippen molar-refractivity contribution < 1.29 is 9.72 Å². The molecular weight excluding hydrogens is 272 g/mol. The van der Waals surface area contributed by atoms with Crippen LogP contribution < -0.4 is 10.6 Å². The Kier molecular flexibility index (Phi) is 6.10. The summed E-state index contributed by atoms with van der Waals surface area (Å²) in [5, 5.41) is 16.7. The minimum absolute atomic E-state index is 0.0284. The molecule has 0 radical (unpaired) electrons. The van der Waals surface area contributed by atoms with Gasteiger partial charge in [-0.05, 0) is 46.1 Å². The van der Waals surface area contributed by atoms with Gasteiger partial charge in [-0.25, -0.2) is 0 Å². The van der Waals surface area contributed by atoms with Crippen LogP contribution in [-0.4, -0.2) is 49.5 Å². The van der Waals surface area contributed by atoms with E-state index in [1.54, 1.807) is 0 Å². The molecule has 0 spiro atoms. The van der Waals surface area contributed by atoms with Gasteiger partial charge in [-0.15, -0.1) is 0 Å². The molecule has 7 nitrogen and oxygen atoms in total. The quantitative estimate of drug-likeness (QED) is 0.590. The normalized spacial score (nSPS) is 12.0. The molecule has 0 aliphatic rings. The van der Waals surface area contributed by atoms with Crippen molar-refractivity contribution >= 4 is 17.3 Å². The van der Waals surface area contributed by atoms with Crippen LogP contribution in [0.5, 0.6) is 0 Å². The van der Waals surface area contributed by atoms with Gasteiger partial charge in [0.05, 0.1) is 4.92 Å². The Hall–Kier alpha value is -2.15. The zero-order valence-electron chi connectivity index (χ0n) is 12.8. The summed E-state index contributed by atoms with van der Waals surface area (Å²) in [6.45, 7) is 2.83. The number of rotatable bonds is 7. The van der Waals surface area contributed by atoms with Crippen molar-refractivity contribution in [3.05, 3.63) is 33.9 Å². The molecule has 116 valence electrons. The molecule has 2 N–H and O–H groups in total. The molecule has 1 atom stereocenters. The Morgan fingerprint density at radius 1 is 1.43 bits per heavy atom. The molecule has 0 aliphatic carbocycles. The summed E-state index contributed by atoms with van der Waals surface area (Å²) >= 11 is 0. The Morgan fingerprint density at radius 3 is 2.62 bits per heavy atom. The highest BCUT2D eigenvalue weighted by molar-refractivity contribution is 5.95. The van der Waals surface area contributed by atoms with Crippen molar-refractivity contribution in [2.24, 2.45) is 0 Å². The summed E-state index contributed by atoms with van der Waals surface area (Å²) in [7, 11) is 5.47. The number of benzene rings is 1. The van der Waals surface area contributed by atoms with Gasteiger partial charge in [0.2, 0.25) is 0 Å². The van der Waals surface area contributed by atoms with Gasteiger partial charge < -0.3 is 15.5 Å². The maximum Gasteiger partial charge on any atom is 0.292 e. The SMILES string of the molecule is CNC(=O)c1ccc([N+](=O)[O-])c(NC(C)CCN(C)C)c1. The monoisotopic (exact) mass is 294 g/mol. The third-order valence-corrected chi connectivity index (χ3v) is 3.09. The fourth-order valence-electron chi connectivity index (χ4n) is 1.89. The van der Waals surface area contributed by atoms with Crippen LogP contribution in [0, 0.1) is 10.1 Å². The first-order chi connectivity index (χ1) is 9.85. The molecular formula is C14H22N4O3. The summed E-state index contributed by atoms with van der Waals surface area (Å²) in [6, 6.07) is 4.38. The van der Waals surface area contributed by atoms with Crippen LogP contribution in [-0.2, 0) is 0 Å². The molecule has 0 fully saturated rings. The van der Waals surface area contributed by atoms with Gasteiger partial charge >= 0.3 is 0 Å². The average molecular weight is 294 g/mol. The predicted molar refractivity (Wildman–Crippen MR) is 82.7 cm³/mol. The van der Waals surface area contributed by atoms with Crippen molar-refractivity contribution in [2.45, 2.75) is 19.4 Å². The van der Waals surface area contributed by atoms with E-state index in [1.807, 2.05) is 25.9 Å². The Morgan fingerprint density at radius 2 is 2.10 bits per heavy atom. The summed E-state index contributed by atoms with van der Waals surface area (Å²) in [5.74, 6) is -0.270. The van der Waals surface area contributed by atoms with Gasteiger partial charge in [0.25, 0.3) is 11.6 Å². The molecule has 1 unspecified atom stereocenters. The van der Waals surface area contributed by atoms with Crippen LogP contribution in [0.1, 0.15) is 23.7 Å². The van der Waals surface area contributed by atoms with E-state index in [-0.39, 0.29) is 17.6 Å². The zero-order chi connectivity index (χ0) is 16.0. The fourth-order valence-corrected chi connectivity index (χ4v) is 1.89. The van der Waals surface area contributed by atoms with E-state index in [9.17, 15) is 14.9 Å². The molecule has 0 bridgehead atoms. The van der Waals surface area contributed by atoms with Crippen molar-refractivity contribution in [2.75, 3.05) is 33.0 Å². The minimum atomic E-state index is -0.450. The highest BCUT2D eigenvalue weighted by Crippen LogP contribution is 2.26. The number of amides is 1. The third-order valence-electron chi connectivity index (χ3n) is 3.09. The Balaban J connectivity index is 2.95. The maximum atomic E-state index is 11.6. The lowest BCUT2D eigenvalue weighted by Gasteiger charge is -2.18. The number of nitrogens with one attached hydrogen (secondary N) is 2. The fraction of sp³-hybridized carbons (Fsp3) is 0.500. The van der Waals surface area contributed by atoms with Crippen molar-refractivity contribution in [3.8, 4) is 0 Å². The zero-order valence-corrected chi connectivity index (χ0v) is 12.8. The van der Waals surface area contributed by atoms with Crippen LogP contribution in [0.2, 0.25) is 0 Å². The number of carbonyl (C=O) groups is 1. The lowest BCUT2D eigenvalue weighted by molar-refractivity contribution is -0.384. The molecule has 0 aliphatic heterocycles. The van der Waals surface area contributed by atoms with Crippen LogP contribution in [0.15, 0.2) is 18.2 Å². The van der Waals surface area contributed by atoms with Crippen molar-refractivity contribution in [3.63, 3.8) is 0 Å². The first kappa shape index (κ1) is 16.9. The van der Waals surface area contributed by atoms with Gasteiger partial charge in [-0.3, -0.25) is 14.9 Å². The van der Waals surface area contributed by atoms with E-state index in [2.05, 4.69) is 10.6 Å². The molecule has 1 rings (SSSR count). The van der Waals surface area contributed by atoms with E-state index in [0.29, 0.717) is 11.3 Å². The lowest BCUT2D eigenvalue weighted by atomic mass is 10.1. The topological polar surface area (TPSA) is 87.5 Å². The van der Waals surface area contributed by atoms with Crippen LogP contribution in [0.4, 0.5) is 11.4 Å². The van der Waals surface area contributed by atoms with Crippen molar-refractivity contribution in [1.82, 2.24) is 10.2 Å². The van der Waals surface area contributed by atoms with E-state index in [0.717, 1.165) is 13.0 Å². The van der Waals surface area contributed by atoms with Crippen molar-refractivity contribution in [1.29, 1.82) is 0 Å². The Bertz CT molecular complexity index is 517. The lowest BCUT2D eigenvalue weighted by Crippen LogP contribution is -2.24. The molecule has 0 saturated carbocycles. The van der Waals surface area contributed by atoms with E-state index >= 15 is 0 Å². The van der Waals surface area contributed by atoms with Crippen LogP contribution in [0.3, 0.4) is 0 Å². The van der Waals surface area contributed by atoms with Crippen LogP contribution >= 0.6 is 0 Å². The van der Waals surface area contributed by atoms with E-state index in [1.165, 1.54) is 25.2 Å². The summed E-state index contributed by atoms with van der Waals surface area (Å²) in [4.78, 5) is 24.3. The van der Waals surface area contributed by atoms with E-state index < -0.39 is 4.92 Å². The molecule has 1 aromatic rings. The molecule has 0 heterocycles. The molecule has 7 heteroatoms. The van der Waals surface area contributed by atoms with Gasteiger partial charge in [0, 0.05) is 24.7 Å². The van der Waals surface area contributed by atoms with Crippen LogP contribution in [0.25, 0.3) is 0 Å². The number of nitrogens with zero attached hydrogens (tertiary/aromatic N) is 2. The number of nitro groups is 1. The smallest absolute Gasteiger partial charge is 0.292 e. The number of nitro benzene ring substituents is 1. The standard InChI is InChI=1S/C14H22N4O3/c1-10(7-8-17(3)4)16-12-9-11(14(19)15-2)5-6-13(12)18(20)21/h5-6,9-10,16H,7-8H2,1-4H3,(H,15,19). The largest absolute Gasteiger partial charge is 0.377 e. The molecule has 1 amide bonds. The maximum absolute atomic E-state index is 11.6. The summed E-state index contributed by atoms with van der Waals surface area (Å²) < 4.78 is 0. The molecule has 0 aromatic heterocycles. The minimum Gasteiger partial charge on any atom is -0.377 e. The second kappa shape index (κ2) is 7.58.